The van der Waals surface area contributed by atoms with Crippen LogP contribution in [0.3, 0.4) is 0 Å². The number of esters is 2. The molecule has 8 heteroatoms. The largest absolute Gasteiger partial charge is 0.465 e. The van der Waals surface area contributed by atoms with Crippen molar-refractivity contribution in [3.8, 4) is 0 Å². The van der Waals surface area contributed by atoms with Crippen molar-refractivity contribution in [2.75, 3.05) is 27.1 Å². The summed E-state index contributed by atoms with van der Waals surface area (Å²) in [7, 11) is 1.45. The van der Waals surface area contributed by atoms with E-state index in [1.165, 1.54) is 14.0 Å². The molecule has 2 saturated heterocycles. The third-order valence-electron chi connectivity index (χ3n) is 4.97. The van der Waals surface area contributed by atoms with Crippen LogP contribution >= 0.6 is 0 Å². The molecule has 0 aromatic rings. The highest BCUT2D eigenvalue weighted by Gasteiger charge is 2.67. The predicted octanol–water partition coefficient (Wildman–Crippen LogP) is 1.04. The molecule has 0 radical (unpaired) electrons. The molecule has 0 aromatic heterocycles. The Labute approximate surface area is 154 Å². The van der Waals surface area contributed by atoms with Crippen molar-refractivity contribution in [2.24, 2.45) is 11.3 Å². The third-order valence-corrected chi connectivity index (χ3v) is 4.97. The van der Waals surface area contributed by atoms with E-state index in [-0.39, 0.29) is 26.4 Å². The second kappa shape index (κ2) is 7.42. The number of hydrogen-bond donors (Lipinski definition) is 1. The van der Waals surface area contributed by atoms with Crippen LogP contribution in [0, 0.1) is 11.3 Å². The molecule has 3 rings (SSSR count). The molecule has 1 aliphatic carbocycles. The van der Waals surface area contributed by atoms with Crippen LogP contribution in [-0.2, 0) is 33.3 Å². The van der Waals surface area contributed by atoms with Gasteiger partial charge in [-0.15, -0.1) is 0 Å². The molecule has 2 aliphatic heterocycles. The summed E-state index contributed by atoms with van der Waals surface area (Å²) in [6, 6.07) is 0. The first kappa shape index (κ1) is 21.1. The van der Waals surface area contributed by atoms with Gasteiger partial charge in [0.15, 0.2) is 0 Å². The van der Waals surface area contributed by atoms with E-state index in [1.54, 1.807) is 6.92 Å². The van der Waals surface area contributed by atoms with E-state index in [2.05, 4.69) is 0 Å². The summed E-state index contributed by atoms with van der Waals surface area (Å²) >= 11 is 0. The molecular weight excluding hydrogens is 344 g/mol. The van der Waals surface area contributed by atoms with Gasteiger partial charge in [-0.2, -0.15) is 0 Å². The van der Waals surface area contributed by atoms with Crippen molar-refractivity contribution in [3.63, 3.8) is 0 Å². The number of carbonyl (C=O) groups is 2. The molecule has 0 aromatic carbocycles. The maximum Gasteiger partial charge on any atom is 0.312 e. The smallest absolute Gasteiger partial charge is 0.312 e. The first-order valence-electron chi connectivity index (χ1n) is 8.75. The van der Waals surface area contributed by atoms with Crippen LogP contribution in [0.2, 0.25) is 0 Å². The number of carbonyl (C=O) groups excluding carboxylic acids is 2. The van der Waals surface area contributed by atoms with Crippen LogP contribution < -0.4 is 0 Å². The van der Waals surface area contributed by atoms with Crippen molar-refractivity contribution in [1.29, 1.82) is 0 Å². The SMILES string of the molecule is COCOC[C@]1(O)[C@@H]2C[C@H](OC(C)(C)C)[C@@](C)(COC2=O)[C@H]1OC(C)=O. The van der Waals surface area contributed by atoms with Crippen LogP contribution in [0.4, 0.5) is 0 Å². The molecule has 1 N–H and O–H groups in total. The fourth-order valence-electron chi connectivity index (χ4n) is 3.88. The molecule has 1 saturated carbocycles. The Hall–Kier alpha value is -1.22. The van der Waals surface area contributed by atoms with Gasteiger partial charge < -0.3 is 28.8 Å². The van der Waals surface area contributed by atoms with Crippen molar-refractivity contribution in [1.82, 2.24) is 0 Å². The second-order valence-electron chi connectivity index (χ2n) is 8.36. The molecule has 0 spiro atoms. The molecule has 0 unspecified atom stereocenters. The Balaban J connectivity index is 2.46. The lowest BCUT2D eigenvalue weighted by Gasteiger charge is -2.53. The number of hydrogen-bond acceptors (Lipinski definition) is 8. The fourth-order valence-corrected chi connectivity index (χ4v) is 3.88. The van der Waals surface area contributed by atoms with Gasteiger partial charge in [0.25, 0.3) is 0 Å². The first-order valence-corrected chi connectivity index (χ1v) is 8.75. The standard InChI is InChI=1S/C18H30O8/c1-11(19)25-15-17(5)8-24-14(20)12(7-13(17)26-16(2,3)4)18(15,21)9-23-10-22-6/h12-13,15,21H,7-10H2,1-6H3/t12-,13+,15-,17-,18+/m1/s1. The Morgan fingerprint density at radius 3 is 2.58 bits per heavy atom. The minimum atomic E-state index is -1.73. The van der Waals surface area contributed by atoms with E-state index in [4.69, 9.17) is 23.7 Å². The van der Waals surface area contributed by atoms with Crippen LogP contribution in [0.15, 0.2) is 0 Å². The zero-order valence-electron chi connectivity index (χ0n) is 16.4. The monoisotopic (exact) mass is 374 g/mol. The van der Waals surface area contributed by atoms with E-state index < -0.39 is 46.7 Å². The van der Waals surface area contributed by atoms with Crippen molar-refractivity contribution >= 4 is 11.9 Å². The van der Waals surface area contributed by atoms with Gasteiger partial charge in [-0.25, -0.2) is 0 Å². The van der Waals surface area contributed by atoms with Gasteiger partial charge in [-0.1, -0.05) is 6.92 Å². The molecular formula is C18H30O8. The topological polar surface area (TPSA) is 101 Å². The highest BCUT2D eigenvalue weighted by Crippen LogP contribution is 2.52. The van der Waals surface area contributed by atoms with Gasteiger partial charge in [-0.3, -0.25) is 9.59 Å². The summed E-state index contributed by atoms with van der Waals surface area (Å²) in [4.78, 5) is 24.3. The first-order chi connectivity index (χ1) is 11.9. The minimum absolute atomic E-state index is 0.0202. The molecule has 5 atom stereocenters. The zero-order valence-corrected chi connectivity index (χ0v) is 16.4. The van der Waals surface area contributed by atoms with Crippen molar-refractivity contribution in [2.45, 2.75) is 64.4 Å². The number of aliphatic hydroxyl groups is 1. The summed E-state index contributed by atoms with van der Waals surface area (Å²) in [6.07, 6.45) is -1.22. The average Bonchev–Trinajstić information content (AvgIpc) is 2.66. The maximum atomic E-state index is 12.5. The van der Waals surface area contributed by atoms with Gasteiger partial charge in [0, 0.05) is 14.0 Å². The number of rotatable bonds is 6. The number of ether oxygens (including phenoxy) is 5. The maximum absolute atomic E-state index is 12.5. The average molecular weight is 374 g/mol. The molecule has 0 amide bonds. The Bertz CT molecular complexity index is 542. The molecule has 150 valence electrons. The zero-order chi connectivity index (χ0) is 19.8. The summed E-state index contributed by atoms with van der Waals surface area (Å²) in [5.74, 6) is -2.04. The number of methoxy groups -OCH3 is 1. The van der Waals surface area contributed by atoms with Gasteiger partial charge in [0.2, 0.25) is 0 Å². The quantitative estimate of drug-likeness (QED) is 0.418. The van der Waals surface area contributed by atoms with E-state index in [1.807, 2.05) is 20.8 Å². The van der Waals surface area contributed by atoms with Crippen molar-refractivity contribution < 1.29 is 38.4 Å². The molecule has 3 fully saturated rings. The second-order valence-corrected chi connectivity index (χ2v) is 8.36. The van der Waals surface area contributed by atoms with Crippen LogP contribution in [0.5, 0.6) is 0 Å². The third kappa shape index (κ3) is 4.03. The predicted molar refractivity (Wildman–Crippen MR) is 90.1 cm³/mol. The summed E-state index contributed by atoms with van der Waals surface area (Å²) in [5, 5.41) is 11.4. The molecule has 2 bridgehead atoms. The highest BCUT2D eigenvalue weighted by molar-refractivity contribution is 5.76. The Morgan fingerprint density at radius 1 is 1.38 bits per heavy atom. The summed E-state index contributed by atoms with van der Waals surface area (Å²) < 4.78 is 27.3. The van der Waals surface area contributed by atoms with E-state index in [9.17, 15) is 14.7 Å². The highest BCUT2D eigenvalue weighted by atomic mass is 16.7. The minimum Gasteiger partial charge on any atom is -0.465 e. The van der Waals surface area contributed by atoms with Crippen LogP contribution in [0.25, 0.3) is 0 Å². The number of fused-ring (bicyclic) bond motifs is 4. The van der Waals surface area contributed by atoms with E-state index >= 15 is 0 Å². The Morgan fingerprint density at radius 2 is 2.04 bits per heavy atom. The van der Waals surface area contributed by atoms with Crippen LogP contribution in [0.1, 0.15) is 41.0 Å². The Kier molecular flexibility index (Phi) is 6.02. The van der Waals surface area contributed by atoms with Gasteiger partial charge in [-0.05, 0) is 27.2 Å². The molecule has 26 heavy (non-hydrogen) atoms. The lowest BCUT2D eigenvalue weighted by atomic mass is 9.61. The van der Waals surface area contributed by atoms with Gasteiger partial charge in [0.05, 0.1) is 29.6 Å². The van der Waals surface area contributed by atoms with E-state index in [0.717, 1.165) is 0 Å². The molecule has 8 nitrogen and oxygen atoms in total. The summed E-state index contributed by atoms with van der Waals surface area (Å²) in [6.45, 7) is 8.48. The van der Waals surface area contributed by atoms with Crippen molar-refractivity contribution in [3.05, 3.63) is 0 Å². The normalized spacial score (nSPS) is 37.2. The molecule has 2 heterocycles. The van der Waals surface area contributed by atoms with E-state index in [0.29, 0.717) is 0 Å². The fraction of sp³-hybridized carbons (Fsp3) is 0.889. The van der Waals surface area contributed by atoms with Crippen LogP contribution in [-0.4, -0.2) is 67.6 Å². The van der Waals surface area contributed by atoms with Gasteiger partial charge >= 0.3 is 11.9 Å². The summed E-state index contributed by atoms with van der Waals surface area (Å²) in [5.41, 5.74) is -3.14. The van der Waals surface area contributed by atoms with Gasteiger partial charge in [0.1, 0.15) is 25.1 Å². The molecule has 3 aliphatic rings. The lowest BCUT2D eigenvalue weighted by Crippen LogP contribution is -2.68. The lowest BCUT2D eigenvalue weighted by molar-refractivity contribution is -0.263.